The highest BCUT2D eigenvalue weighted by molar-refractivity contribution is 7.92. The smallest absolute Gasteiger partial charge is 0.154 e. The Balaban J connectivity index is 1.94. The molecule has 0 spiro atoms. The van der Waals surface area contributed by atoms with Gasteiger partial charge in [-0.25, -0.2) is 8.42 Å². The predicted molar refractivity (Wildman–Crippen MR) is 70.8 cm³/mol. The van der Waals surface area contributed by atoms with E-state index in [4.69, 9.17) is 0 Å². The molecule has 2 aliphatic rings. The van der Waals surface area contributed by atoms with Gasteiger partial charge in [-0.2, -0.15) is 0 Å². The number of rotatable bonds is 6. The van der Waals surface area contributed by atoms with Crippen LogP contribution in [-0.2, 0) is 9.84 Å². The molecular weight excluding hydrogens is 234 g/mol. The van der Waals surface area contributed by atoms with Crippen molar-refractivity contribution in [2.24, 2.45) is 5.92 Å². The summed E-state index contributed by atoms with van der Waals surface area (Å²) in [6.07, 6.45) is 7.61. The lowest BCUT2D eigenvalue weighted by atomic mass is 10.0. The van der Waals surface area contributed by atoms with Crippen LogP contribution in [0.5, 0.6) is 0 Å². The zero-order valence-corrected chi connectivity index (χ0v) is 11.6. The monoisotopic (exact) mass is 259 g/mol. The summed E-state index contributed by atoms with van der Waals surface area (Å²) in [5.41, 5.74) is 0. The van der Waals surface area contributed by atoms with E-state index in [1.807, 2.05) is 0 Å². The first-order chi connectivity index (χ1) is 8.13. The first-order valence-corrected chi connectivity index (χ1v) is 8.80. The van der Waals surface area contributed by atoms with Crippen molar-refractivity contribution in [3.63, 3.8) is 0 Å². The van der Waals surface area contributed by atoms with Gasteiger partial charge < -0.3 is 5.32 Å². The molecule has 0 bridgehead atoms. The lowest BCUT2D eigenvalue weighted by Crippen LogP contribution is -2.40. The molecule has 0 saturated heterocycles. The lowest BCUT2D eigenvalue weighted by Gasteiger charge is -2.25. The molecule has 2 rings (SSSR count). The Labute approximate surface area is 105 Å². The highest BCUT2D eigenvalue weighted by Crippen LogP contribution is 2.34. The maximum absolute atomic E-state index is 12.4. The highest BCUT2D eigenvalue weighted by atomic mass is 32.2. The van der Waals surface area contributed by atoms with Crippen LogP contribution in [-0.4, -0.2) is 32.0 Å². The molecular formula is C13H25NO2S. The van der Waals surface area contributed by atoms with Crippen molar-refractivity contribution in [3.8, 4) is 0 Å². The van der Waals surface area contributed by atoms with Gasteiger partial charge in [-0.1, -0.05) is 26.2 Å². The summed E-state index contributed by atoms with van der Waals surface area (Å²) >= 11 is 0. The summed E-state index contributed by atoms with van der Waals surface area (Å²) in [5, 5.41) is 3.32. The van der Waals surface area contributed by atoms with Crippen molar-refractivity contribution in [3.05, 3.63) is 0 Å². The molecule has 4 heteroatoms. The molecule has 2 aliphatic carbocycles. The fourth-order valence-corrected chi connectivity index (χ4v) is 5.15. The zero-order chi connectivity index (χ0) is 12.3. The Kier molecular flexibility index (Phi) is 4.47. The van der Waals surface area contributed by atoms with Crippen LogP contribution in [0, 0.1) is 5.92 Å². The van der Waals surface area contributed by atoms with Crippen molar-refractivity contribution in [1.29, 1.82) is 0 Å². The summed E-state index contributed by atoms with van der Waals surface area (Å²) in [5.74, 6) is 0.990. The van der Waals surface area contributed by atoms with Gasteiger partial charge >= 0.3 is 0 Å². The van der Waals surface area contributed by atoms with Crippen LogP contribution in [0.15, 0.2) is 0 Å². The van der Waals surface area contributed by atoms with E-state index >= 15 is 0 Å². The van der Waals surface area contributed by atoms with Crippen molar-refractivity contribution < 1.29 is 8.42 Å². The van der Waals surface area contributed by atoms with E-state index in [2.05, 4.69) is 12.2 Å². The SMILES string of the molecule is CCNC(CS(=O)(=O)C1CCCCC1)C1CC1. The normalized spacial score (nSPS) is 24.8. The average molecular weight is 259 g/mol. The Hall–Kier alpha value is -0.0900. The summed E-state index contributed by atoms with van der Waals surface area (Å²) < 4.78 is 24.7. The van der Waals surface area contributed by atoms with Crippen molar-refractivity contribution >= 4 is 9.84 Å². The molecule has 100 valence electrons. The Morgan fingerprint density at radius 3 is 2.29 bits per heavy atom. The maximum atomic E-state index is 12.4. The molecule has 1 N–H and O–H groups in total. The highest BCUT2D eigenvalue weighted by Gasteiger charge is 2.36. The molecule has 0 aromatic carbocycles. The van der Waals surface area contributed by atoms with Crippen LogP contribution in [0.3, 0.4) is 0 Å². The van der Waals surface area contributed by atoms with Gasteiger partial charge in [-0.05, 0) is 38.1 Å². The number of hydrogen-bond acceptors (Lipinski definition) is 3. The van der Waals surface area contributed by atoms with E-state index < -0.39 is 9.84 Å². The van der Waals surface area contributed by atoms with Crippen LogP contribution in [0.2, 0.25) is 0 Å². The maximum Gasteiger partial charge on any atom is 0.154 e. The quantitative estimate of drug-likeness (QED) is 0.795. The first-order valence-electron chi connectivity index (χ1n) is 7.08. The molecule has 2 saturated carbocycles. The van der Waals surface area contributed by atoms with E-state index in [0.717, 1.165) is 32.2 Å². The molecule has 2 fully saturated rings. The molecule has 0 radical (unpaired) electrons. The Morgan fingerprint density at radius 2 is 1.76 bits per heavy atom. The largest absolute Gasteiger partial charge is 0.313 e. The number of sulfone groups is 1. The third-order valence-electron chi connectivity index (χ3n) is 4.13. The van der Waals surface area contributed by atoms with Crippen LogP contribution in [0.4, 0.5) is 0 Å². The molecule has 0 aliphatic heterocycles. The second kappa shape index (κ2) is 5.70. The summed E-state index contributed by atoms with van der Waals surface area (Å²) in [4.78, 5) is 0. The van der Waals surface area contributed by atoms with Crippen molar-refractivity contribution in [1.82, 2.24) is 5.32 Å². The lowest BCUT2D eigenvalue weighted by molar-refractivity contribution is 0.466. The number of nitrogens with one attached hydrogen (secondary N) is 1. The van der Waals surface area contributed by atoms with Gasteiger partial charge in [0.1, 0.15) is 0 Å². The van der Waals surface area contributed by atoms with E-state index in [-0.39, 0.29) is 11.3 Å². The Morgan fingerprint density at radius 1 is 1.12 bits per heavy atom. The van der Waals surface area contributed by atoms with Crippen molar-refractivity contribution in [2.75, 3.05) is 12.3 Å². The van der Waals surface area contributed by atoms with E-state index in [9.17, 15) is 8.42 Å². The van der Waals surface area contributed by atoms with E-state index in [0.29, 0.717) is 11.7 Å². The predicted octanol–water partition coefficient (Wildman–Crippen LogP) is 2.12. The fourth-order valence-electron chi connectivity index (χ4n) is 2.93. The zero-order valence-electron chi connectivity index (χ0n) is 10.8. The molecule has 1 unspecified atom stereocenters. The molecule has 0 aromatic rings. The van der Waals surface area contributed by atoms with E-state index in [1.54, 1.807) is 0 Å². The van der Waals surface area contributed by atoms with E-state index in [1.165, 1.54) is 19.3 Å². The molecule has 0 amide bonds. The van der Waals surface area contributed by atoms with Gasteiger partial charge in [0.15, 0.2) is 9.84 Å². The average Bonchev–Trinajstić information content (AvgIpc) is 3.13. The van der Waals surface area contributed by atoms with Gasteiger partial charge in [0.2, 0.25) is 0 Å². The number of hydrogen-bond donors (Lipinski definition) is 1. The molecule has 3 nitrogen and oxygen atoms in total. The topological polar surface area (TPSA) is 46.2 Å². The summed E-state index contributed by atoms with van der Waals surface area (Å²) in [7, 11) is -2.87. The minimum Gasteiger partial charge on any atom is -0.313 e. The minimum atomic E-state index is -2.87. The second-order valence-electron chi connectivity index (χ2n) is 5.59. The Bertz CT molecular complexity index is 329. The molecule has 0 heterocycles. The first kappa shape index (κ1) is 13.3. The standard InChI is InChI=1S/C13H25NO2S/c1-2-14-13(11-8-9-11)10-17(15,16)12-6-4-3-5-7-12/h11-14H,2-10H2,1H3. The minimum absolute atomic E-state index is 0.0452. The van der Waals surface area contributed by atoms with Gasteiger partial charge in [0, 0.05) is 6.04 Å². The van der Waals surface area contributed by atoms with Crippen LogP contribution in [0.25, 0.3) is 0 Å². The van der Waals surface area contributed by atoms with Gasteiger partial charge in [-0.3, -0.25) is 0 Å². The third-order valence-corrected chi connectivity index (χ3v) is 6.44. The van der Waals surface area contributed by atoms with Gasteiger partial charge in [0.05, 0.1) is 11.0 Å². The molecule has 17 heavy (non-hydrogen) atoms. The summed E-state index contributed by atoms with van der Waals surface area (Å²) in [6.45, 7) is 2.93. The fraction of sp³-hybridized carbons (Fsp3) is 1.00. The molecule has 1 atom stereocenters. The third kappa shape index (κ3) is 3.68. The van der Waals surface area contributed by atoms with Crippen molar-refractivity contribution in [2.45, 2.75) is 63.2 Å². The summed E-state index contributed by atoms with van der Waals surface area (Å²) in [6, 6.07) is 0.215. The molecule has 0 aromatic heterocycles. The second-order valence-corrected chi connectivity index (χ2v) is 7.92. The van der Waals surface area contributed by atoms with Gasteiger partial charge in [0.25, 0.3) is 0 Å². The van der Waals surface area contributed by atoms with Crippen LogP contribution in [0.1, 0.15) is 51.9 Å². The van der Waals surface area contributed by atoms with Gasteiger partial charge in [-0.15, -0.1) is 0 Å². The van der Waals surface area contributed by atoms with Crippen LogP contribution < -0.4 is 5.32 Å². The van der Waals surface area contributed by atoms with Crippen LogP contribution >= 0.6 is 0 Å².